The van der Waals surface area contributed by atoms with Crippen LogP contribution in [0.25, 0.3) is 0 Å². The number of anilines is 2. The molecule has 7 nitrogen and oxygen atoms in total. The Morgan fingerprint density at radius 2 is 1.66 bits per heavy atom. The highest BCUT2D eigenvalue weighted by Gasteiger charge is 2.31. The van der Waals surface area contributed by atoms with E-state index < -0.39 is 10.0 Å². The number of carbonyl (C=O) groups excluding carboxylic acids is 2. The zero-order valence-electron chi connectivity index (χ0n) is 18.8. The van der Waals surface area contributed by atoms with Gasteiger partial charge in [0.2, 0.25) is 21.8 Å². The van der Waals surface area contributed by atoms with E-state index in [4.69, 9.17) is 0 Å². The molecule has 1 fully saturated rings. The van der Waals surface area contributed by atoms with Gasteiger partial charge in [0.25, 0.3) is 0 Å². The minimum absolute atomic E-state index is 0.114. The van der Waals surface area contributed by atoms with Crippen LogP contribution in [0.5, 0.6) is 0 Å². The van der Waals surface area contributed by atoms with Crippen molar-refractivity contribution in [2.45, 2.75) is 51.3 Å². The maximum Gasteiger partial charge on any atom is 0.244 e. The van der Waals surface area contributed by atoms with Crippen LogP contribution in [-0.4, -0.2) is 44.2 Å². The number of sulfonamides is 1. The first-order valence-electron chi connectivity index (χ1n) is 11.0. The second-order valence-electron chi connectivity index (χ2n) is 8.70. The summed E-state index contributed by atoms with van der Waals surface area (Å²) in [6.07, 6.45) is 2.46. The Morgan fingerprint density at radius 1 is 1.00 bits per heavy atom. The van der Waals surface area contributed by atoms with Gasteiger partial charge in [0.1, 0.15) is 6.54 Å². The lowest BCUT2D eigenvalue weighted by atomic mass is 10.0. The quantitative estimate of drug-likeness (QED) is 0.749. The SMILES string of the molecule is Cc1cc(C)c(NC(=O)CN2C(=O)CCc3cc(S(=O)(=O)N4CCCC4)ccc32)c(C)c1. The van der Waals surface area contributed by atoms with Gasteiger partial charge >= 0.3 is 0 Å². The number of nitrogens with zero attached hydrogens (tertiary/aromatic N) is 2. The molecule has 2 aliphatic rings. The van der Waals surface area contributed by atoms with Crippen molar-refractivity contribution in [3.63, 3.8) is 0 Å². The Kier molecular flexibility index (Phi) is 6.09. The molecule has 2 aromatic carbocycles. The number of benzene rings is 2. The van der Waals surface area contributed by atoms with Gasteiger partial charge in [0, 0.05) is 30.9 Å². The molecule has 170 valence electrons. The van der Waals surface area contributed by atoms with Crippen LogP contribution >= 0.6 is 0 Å². The second kappa shape index (κ2) is 8.67. The summed E-state index contributed by atoms with van der Waals surface area (Å²) in [5.41, 5.74) is 5.21. The van der Waals surface area contributed by atoms with Crippen molar-refractivity contribution in [2.75, 3.05) is 29.9 Å². The third-order valence-corrected chi connectivity index (χ3v) is 8.09. The van der Waals surface area contributed by atoms with Crippen LogP contribution in [0.15, 0.2) is 35.2 Å². The van der Waals surface area contributed by atoms with E-state index in [1.807, 2.05) is 32.9 Å². The van der Waals surface area contributed by atoms with Crippen molar-refractivity contribution in [3.8, 4) is 0 Å². The molecule has 0 unspecified atom stereocenters. The van der Waals surface area contributed by atoms with Crippen molar-refractivity contribution in [2.24, 2.45) is 0 Å². The average molecular weight is 456 g/mol. The molecule has 1 N–H and O–H groups in total. The van der Waals surface area contributed by atoms with Crippen molar-refractivity contribution in [1.29, 1.82) is 0 Å². The minimum Gasteiger partial charge on any atom is -0.324 e. The second-order valence-corrected chi connectivity index (χ2v) is 10.6. The highest BCUT2D eigenvalue weighted by Crippen LogP contribution is 2.32. The lowest BCUT2D eigenvalue weighted by molar-refractivity contribution is -0.121. The Bertz CT molecular complexity index is 1160. The number of aryl methyl sites for hydroxylation is 4. The fourth-order valence-electron chi connectivity index (χ4n) is 4.65. The summed E-state index contributed by atoms with van der Waals surface area (Å²) >= 11 is 0. The minimum atomic E-state index is -3.53. The molecule has 0 atom stereocenters. The van der Waals surface area contributed by atoms with Crippen LogP contribution in [0.4, 0.5) is 11.4 Å². The third kappa shape index (κ3) is 4.29. The van der Waals surface area contributed by atoms with Gasteiger partial charge in [-0.3, -0.25) is 9.59 Å². The molecule has 32 heavy (non-hydrogen) atoms. The molecule has 0 saturated carbocycles. The van der Waals surface area contributed by atoms with Gasteiger partial charge in [-0.2, -0.15) is 4.31 Å². The van der Waals surface area contributed by atoms with Gasteiger partial charge < -0.3 is 10.2 Å². The molecular formula is C24H29N3O4S. The number of hydrogen-bond donors (Lipinski definition) is 1. The molecular weight excluding hydrogens is 426 g/mol. The fourth-order valence-corrected chi connectivity index (χ4v) is 6.22. The standard InChI is InChI=1S/C24H29N3O4S/c1-16-12-17(2)24(18(3)13-16)25-22(28)15-27-21-8-7-20(14-19(21)6-9-23(27)29)32(30,31)26-10-4-5-11-26/h7-8,12-14H,4-6,9-11,15H2,1-3H3,(H,25,28). The van der Waals surface area contributed by atoms with Crippen LogP contribution in [-0.2, 0) is 26.0 Å². The van der Waals surface area contributed by atoms with Crippen LogP contribution < -0.4 is 10.2 Å². The summed E-state index contributed by atoms with van der Waals surface area (Å²) in [5, 5.41) is 2.94. The van der Waals surface area contributed by atoms with E-state index in [1.165, 1.54) is 9.21 Å². The highest BCUT2D eigenvalue weighted by molar-refractivity contribution is 7.89. The summed E-state index contributed by atoms with van der Waals surface area (Å²) in [7, 11) is -3.53. The molecule has 0 bridgehead atoms. The summed E-state index contributed by atoms with van der Waals surface area (Å²) in [5.74, 6) is -0.421. The van der Waals surface area contributed by atoms with Gasteiger partial charge in [-0.25, -0.2) is 8.42 Å². The molecule has 4 rings (SSSR count). The number of nitrogens with one attached hydrogen (secondary N) is 1. The number of carbonyl (C=O) groups is 2. The van der Waals surface area contributed by atoms with E-state index in [-0.39, 0.29) is 29.7 Å². The lowest BCUT2D eigenvalue weighted by Gasteiger charge is -2.29. The van der Waals surface area contributed by atoms with Crippen molar-refractivity contribution >= 4 is 33.2 Å². The van der Waals surface area contributed by atoms with E-state index in [9.17, 15) is 18.0 Å². The zero-order valence-corrected chi connectivity index (χ0v) is 19.6. The normalized spacial score (nSPS) is 16.8. The Hall–Kier alpha value is -2.71. The van der Waals surface area contributed by atoms with Crippen LogP contribution in [0.2, 0.25) is 0 Å². The molecule has 0 aromatic heterocycles. The predicted molar refractivity (Wildman–Crippen MR) is 124 cm³/mol. The molecule has 1 saturated heterocycles. The first-order valence-corrected chi connectivity index (χ1v) is 12.4. The first kappa shape index (κ1) is 22.5. The van der Waals surface area contributed by atoms with Gasteiger partial charge in [-0.15, -0.1) is 0 Å². The summed E-state index contributed by atoms with van der Waals surface area (Å²) in [6.45, 7) is 6.87. The summed E-state index contributed by atoms with van der Waals surface area (Å²) in [6, 6.07) is 8.88. The number of rotatable bonds is 5. The number of amides is 2. The van der Waals surface area contributed by atoms with E-state index in [2.05, 4.69) is 5.32 Å². The predicted octanol–water partition coefficient (Wildman–Crippen LogP) is 3.31. The monoisotopic (exact) mass is 455 g/mol. The van der Waals surface area contributed by atoms with Gasteiger partial charge in [0.05, 0.1) is 4.90 Å². The van der Waals surface area contributed by atoms with Gasteiger partial charge in [-0.1, -0.05) is 17.7 Å². The van der Waals surface area contributed by atoms with Crippen molar-refractivity contribution in [1.82, 2.24) is 4.31 Å². The lowest BCUT2D eigenvalue weighted by Crippen LogP contribution is -2.41. The smallest absolute Gasteiger partial charge is 0.244 e. The number of fused-ring (bicyclic) bond motifs is 1. The maximum absolute atomic E-state index is 12.9. The topological polar surface area (TPSA) is 86.8 Å². The Labute approximate surface area is 189 Å². The highest BCUT2D eigenvalue weighted by atomic mass is 32.2. The van der Waals surface area contributed by atoms with Crippen LogP contribution in [0.1, 0.15) is 41.5 Å². The first-order chi connectivity index (χ1) is 15.2. The summed E-state index contributed by atoms with van der Waals surface area (Å²) < 4.78 is 27.3. The van der Waals surface area contributed by atoms with Gasteiger partial charge in [0.15, 0.2) is 0 Å². The van der Waals surface area contributed by atoms with Crippen molar-refractivity contribution in [3.05, 3.63) is 52.6 Å². The van der Waals surface area contributed by atoms with Crippen LogP contribution in [0, 0.1) is 20.8 Å². The van der Waals surface area contributed by atoms with E-state index in [0.29, 0.717) is 25.2 Å². The third-order valence-electron chi connectivity index (χ3n) is 6.20. The van der Waals surface area contributed by atoms with E-state index in [0.717, 1.165) is 40.8 Å². The Balaban J connectivity index is 1.56. The molecule has 2 aromatic rings. The molecule has 2 aliphatic heterocycles. The molecule has 8 heteroatoms. The molecule has 2 amide bonds. The average Bonchev–Trinajstić information content (AvgIpc) is 3.28. The molecule has 0 aliphatic carbocycles. The maximum atomic E-state index is 12.9. The number of hydrogen-bond acceptors (Lipinski definition) is 4. The van der Waals surface area contributed by atoms with Gasteiger partial charge in [-0.05, 0) is 74.9 Å². The summed E-state index contributed by atoms with van der Waals surface area (Å²) in [4.78, 5) is 27.2. The van der Waals surface area contributed by atoms with E-state index in [1.54, 1.807) is 18.2 Å². The molecule has 0 radical (unpaired) electrons. The molecule has 2 heterocycles. The largest absolute Gasteiger partial charge is 0.324 e. The zero-order chi connectivity index (χ0) is 23.0. The van der Waals surface area contributed by atoms with Crippen LogP contribution in [0.3, 0.4) is 0 Å². The molecule has 0 spiro atoms. The van der Waals surface area contributed by atoms with Crippen molar-refractivity contribution < 1.29 is 18.0 Å². The van der Waals surface area contributed by atoms with E-state index >= 15 is 0 Å². The fraction of sp³-hybridized carbons (Fsp3) is 0.417. The Morgan fingerprint density at radius 3 is 2.31 bits per heavy atom.